The Bertz CT molecular complexity index is 1300. The van der Waals surface area contributed by atoms with Crippen LogP contribution in [0.2, 0.25) is 0 Å². The van der Waals surface area contributed by atoms with Crippen LogP contribution in [0, 0.1) is 11.6 Å². The first kappa shape index (κ1) is 13.7. The lowest BCUT2D eigenvalue weighted by atomic mass is 9.85. The number of piperidine rings is 2. The number of imide groups is 2. The number of benzene rings is 1. The van der Waals surface area contributed by atoms with Crippen molar-refractivity contribution in [3.8, 4) is 0 Å². The molecule has 2 fully saturated rings. The SMILES string of the molecule is [2H]C1([2H])C(c2cc3c(c(F)c2F)C(=O)N(C2CCC(=O)NC2=O)C3=O)C([2H])([2H])C([2H])([2H])N(C(C)(C)C)C1([2H])[2H]. The molecule has 7 nitrogen and oxygen atoms in total. The first-order chi connectivity index (χ1) is 17.5. The minimum absolute atomic E-state index is 0.247. The summed E-state index contributed by atoms with van der Waals surface area (Å²) < 4.78 is 99.3. The Hall–Kier alpha value is -2.68. The molecule has 1 unspecified atom stereocenters. The first-order valence-electron chi connectivity index (χ1n) is 13.6. The third kappa shape index (κ3) is 3.54. The maximum absolute atomic E-state index is 15.6. The van der Waals surface area contributed by atoms with Gasteiger partial charge in [0.1, 0.15) is 6.04 Å². The number of rotatable bonds is 2. The van der Waals surface area contributed by atoms with E-state index in [2.05, 4.69) is 0 Å². The van der Waals surface area contributed by atoms with E-state index in [9.17, 15) is 19.2 Å². The summed E-state index contributed by atoms with van der Waals surface area (Å²) in [5.41, 5.74) is -4.59. The minimum Gasteiger partial charge on any atom is -0.298 e. The monoisotopic (exact) mass is 441 g/mol. The molecule has 1 N–H and O–H groups in total. The molecule has 1 aromatic rings. The van der Waals surface area contributed by atoms with Gasteiger partial charge in [-0.2, -0.15) is 0 Å². The molecule has 0 bridgehead atoms. The van der Waals surface area contributed by atoms with Crippen LogP contribution in [-0.2, 0) is 9.59 Å². The fourth-order valence-corrected chi connectivity index (χ4v) is 3.60. The van der Waals surface area contributed by atoms with Crippen molar-refractivity contribution in [3.05, 3.63) is 34.4 Å². The van der Waals surface area contributed by atoms with Gasteiger partial charge in [-0.05, 0) is 70.5 Å². The van der Waals surface area contributed by atoms with Gasteiger partial charge in [-0.25, -0.2) is 8.78 Å². The summed E-state index contributed by atoms with van der Waals surface area (Å²) in [6.07, 6.45) is -7.36. The average molecular weight is 442 g/mol. The highest BCUT2D eigenvalue weighted by Gasteiger charge is 2.47. The highest BCUT2D eigenvalue weighted by atomic mass is 19.2. The van der Waals surface area contributed by atoms with Crippen molar-refractivity contribution in [2.75, 3.05) is 13.0 Å². The molecule has 0 saturated carbocycles. The summed E-state index contributed by atoms with van der Waals surface area (Å²) >= 11 is 0. The summed E-state index contributed by atoms with van der Waals surface area (Å²) in [7, 11) is 0. The quantitative estimate of drug-likeness (QED) is 0.712. The molecule has 0 spiro atoms. The Kier molecular flexibility index (Phi) is 3.30. The molecule has 31 heavy (non-hydrogen) atoms. The van der Waals surface area contributed by atoms with Crippen molar-refractivity contribution in [3.63, 3.8) is 0 Å². The Morgan fingerprint density at radius 2 is 1.71 bits per heavy atom. The molecule has 0 aromatic heterocycles. The number of hydrogen-bond acceptors (Lipinski definition) is 5. The second-order valence-corrected chi connectivity index (χ2v) is 8.42. The molecule has 3 aliphatic rings. The van der Waals surface area contributed by atoms with Gasteiger partial charge in [0.15, 0.2) is 11.6 Å². The van der Waals surface area contributed by atoms with Gasteiger partial charge >= 0.3 is 0 Å². The van der Waals surface area contributed by atoms with Gasteiger partial charge in [-0.1, -0.05) is 0 Å². The van der Waals surface area contributed by atoms with Crippen molar-refractivity contribution >= 4 is 23.6 Å². The van der Waals surface area contributed by atoms with E-state index in [1.54, 1.807) is 0 Å². The third-order valence-electron chi connectivity index (χ3n) is 5.26. The number of hydrogen-bond donors (Lipinski definition) is 1. The van der Waals surface area contributed by atoms with Gasteiger partial charge in [0.05, 0.1) is 11.1 Å². The smallest absolute Gasteiger partial charge is 0.265 e. The molecule has 4 rings (SSSR count). The predicted molar refractivity (Wildman–Crippen MR) is 106 cm³/mol. The molecule has 2 saturated heterocycles. The van der Waals surface area contributed by atoms with Crippen LogP contribution in [0.15, 0.2) is 6.07 Å². The summed E-state index contributed by atoms with van der Waals surface area (Å²) in [5, 5.41) is 1.94. The zero-order chi connectivity index (χ0) is 29.8. The van der Waals surface area contributed by atoms with E-state index in [0.29, 0.717) is 15.9 Å². The van der Waals surface area contributed by atoms with Gasteiger partial charge in [-0.3, -0.25) is 34.3 Å². The summed E-state index contributed by atoms with van der Waals surface area (Å²) in [4.78, 5) is 50.6. The topological polar surface area (TPSA) is 86.8 Å². The Morgan fingerprint density at radius 1 is 1.06 bits per heavy atom. The maximum Gasteiger partial charge on any atom is 0.265 e. The fraction of sp³-hybridized carbons (Fsp3) is 0.545. The largest absolute Gasteiger partial charge is 0.298 e. The van der Waals surface area contributed by atoms with E-state index in [0.717, 1.165) is 0 Å². The van der Waals surface area contributed by atoms with Crippen molar-refractivity contribution in [1.29, 1.82) is 0 Å². The molecular weight excluding hydrogens is 408 g/mol. The number of carbonyl (C=O) groups is 4. The van der Waals surface area contributed by atoms with Crippen molar-refractivity contribution in [2.45, 2.75) is 63.9 Å². The molecule has 3 aliphatic heterocycles. The molecule has 1 atom stereocenters. The van der Waals surface area contributed by atoms with Crippen molar-refractivity contribution in [1.82, 2.24) is 15.1 Å². The summed E-state index contributed by atoms with van der Waals surface area (Å²) in [5.74, 6) is -10.9. The average Bonchev–Trinajstić information content (AvgIpc) is 2.99. The van der Waals surface area contributed by atoms with E-state index in [4.69, 9.17) is 11.0 Å². The second kappa shape index (κ2) is 7.47. The van der Waals surface area contributed by atoms with Crippen LogP contribution >= 0.6 is 0 Å². The van der Waals surface area contributed by atoms with E-state index in [-0.39, 0.29) is 12.8 Å². The highest BCUT2D eigenvalue weighted by Crippen LogP contribution is 2.38. The van der Waals surface area contributed by atoms with E-state index in [1.807, 2.05) is 5.32 Å². The number of fused-ring (bicyclic) bond motifs is 1. The molecule has 4 amide bonds. The number of amides is 4. The van der Waals surface area contributed by atoms with Crippen molar-refractivity contribution < 1.29 is 38.9 Å². The van der Waals surface area contributed by atoms with Crippen LogP contribution in [0.25, 0.3) is 0 Å². The van der Waals surface area contributed by atoms with Crippen LogP contribution in [0.5, 0.6) is 0 Å². The lowest BCUT2D eigenvalue weighted by Crippen LogP contribution is -2.54. The van der Waals surface area contributed by atoms with Crippen LogP contribution in [-0.4, -0.2) is 58.0 Å². The zero-order valence-corrected chi connectivity index (χ0v) is 16.9. The number of nitrogens with one attached hydrogen (secondary N) is 1. The third-order valence-corrected chi connectivity index (χ3v) is 5.26. The zero-order valence-electron chi connectivity index (χ0n) is 24.9. The number of halogens is 2. The number of nitrogens with zero attached hydrogens (tertiary/aromatic N) is 2. The standard InChI is InChI=1S/C22H25F2N3O4/c1-22(2,3)26-8-6-11(7-9-26)12-10-13-16(18(24)17(12)23)21(31)27(20(13)30)14-4-5-15(28)25-19(14)29/h10-11,14H,4-9H2,1-3H3,(H,25,28,29)/i6D2,7D2,8D2,9D2. The molecule has 0 aliphatic carbocycles. The van der Waals surface area contributed by atoms with Gasteiger partial charge in [0.25, 0.3) is 11.8 Å². The Labute approximate surface area is 190 Å². The van der Waals surface area contributed by atoms with Gasteiger partial charge in [-0.15, -0.1) is 0 Å². The number of carbonyl (C=O) groups excluding carboxylic acids is 4. The first-order valence-corrected chi connectivity index (χ1v) is 9.56. The Morgan fingerprint density at radius 3 is 2.29 bits per heavy atom. The van der Waals surface area contributed by atoms with Gasteiger partial charge < -0.3 is 0 Å². The van der Waals surface area contributed by atoms with Crippen LogP contribution in [0.1, 0.15) is 89.5 Å². The molecular formula is C22H25F2N3O4. The lowest BCUT2D eigenvalue weighted by molar-refractivity contribution is -0.136. The van der Waals surface area contributed by atoms with E-state index >= 15 is 8.78 Å². The van der Waals surface area contributed by atoms with Crippen molar-refractivity contribution in [2.24, 2.45) is 0 Å². The molecule has 3 heterocycles. The van der Waals surface area contributed by atoms with Gasteiger partial charge in [0, 0.05) is 22.9 Å². The number of likely N-dealkylation sites (tertiary alicyclic amines) is 1. The van der Waals surface area contributed by atoms with Crippen LogP contribution < -0.4 is 5.32 Å². The highest BCUT2D eigenvalue weighted by molar-refractivity contribution is 6.23. The Balaban J connectivity index is 1.92. The van der Waals surface area contributed by atoms with Crippen LogP contribution in [0.4, 0.5) is 8.78 Å². The normalized spacial score (nSPS) is 33.7. The minimum atomic E-state index is -3.41. The van der Waals surface area contributed by atoms with Gasteiger partial charge in [0.2, 0.25) is 11.8 Å². The maximum atomic E-state index is 15.6. The lowest BCUT2D eigenvalue weighted by Gasteiger charge is -2.41. The second-order valence-electron chi connectivity index (χ2n) is 8.42. The molecule has 1 aromatic carbocycles. The van der Waals surface area contributed by atoms with E-state index in [1.165, 1.54) is 20.8 Å². The molecule has 9 heteroatoms. The van der Waals surface area contributed by atoms with Crippen LogP contribution in [0.3, 0.4) is 0 Å². The summed E-state index contributed by atoms with van der Waals surface area (Å²) in [6.45, 7) is -2.58. The molecule has 166 valence electrons. The summed E-state index contributed by atoms with van der Waals surface area (Å²) in [6, 6.07) is -1.02. The predicted octanol–water partition coefficient (Wildman–Crippen LogP) is 2.34. The van der Waals surface area contributed by atoms with E-state index < -0.39 is 95.2 Å². The molecule has 0 radical (unpaired) electrons. The fourth-order valence-electron chi connectivity index (χ4n) is 3.60.